The van der Waals surface area contributed by atoms with E-state index in [0.29, 0.717) is 12.4 Å². The van der Waals surface area contributed by atoms with Crippen LogP contribution in [0, 0.1) is 0 Å². The number of hydrogen-bond acceptors (Lipinski definition) is 6. The number of hydrogen-bond donors (Lipinski definition) is 2. The average Bonchev–Trinajstić information content (AvgIpc) is 2.27. The van der Waals surface area contributed by atoms with Crippen molar-refractivity contribution in [2.75, 3.05) is 29.6 Å². The third-order valence-corrected chi connectivity index (χ3v) is 3.33. The molecule has 6 nitrogen and oxygen atoms in total. The van der Waals surface area contributed by atoms with Gasteiger partial charge in [-0.2, -0.15) is 4.98 Å². The van der Waals surface area contributed by atoms with Crippen LogP contribution in [-0.4, -0.2) is 36.9 Å². The standard InChI is InChI=1S/C11H14N4O2S/c1-18(16,17)7-6-13-10-8-4-2-3-5-9(8)14-11(12)15-10/h2-5H,6-7H2,1H3,(H3,12,13,14,15). The highest BCUT2D eigenvalue weighted by Gasteiger charge is 2.06. The molecular weight excluding hydrogens is 252 g/mol. The fourth-order valence-electron chi connectivity index (χ4n) is 1.58. The summed E-state index contributed by atoms with van der Waals surface area (Å²) in [5.74, 6) is 0.767. The maximum atomic E-state index is 11.1. The van der Waals surface area contributed by atoms with Crippen LogP contribution >= 0.6 is 0 Å². The van der Waals surface area contributed by atoms with Gasteiger partial charge in [0.1, 0.15) is 15.7 Å². The summed E-state index contributed by atoms with van der Waals surface area (Å²) in [6.07, 6.45) is 1.20. The number of nitrogen functional groups attached to an aromatic ring is 1. The van der Waals surface area contributed by atoms with Gasteiger partial charge in [-0.15, -0.1) is 0 Å². The molecule has 0 spiro atoms. The van der Waals surface area contributed by atoms with E-state index in [-0.39, 0.29) is 11.7 Å². The molecule has 0 bridgehead atoms. The Morgan fingerprint density at radius 1 is 1.28 bits per heavy atom. The molecule has 0 radical (unpaired) electrons. The minimum atomic E-state index is -2.99. The maximum absolute atomic E-state index is 11.1. The van der Waals surface area contributed by atoms with Gasteiger partial charge in [0.05, 0.1) is 11.3 Å². The van der Waals surface area contributed by atoms with Gasteiger partial charge < -0.3 is 11.1 Å². The first-order chi connectivity index (χ1) is 8.46. The van der Waals surface area contributed by atoms with E-state index < -0.39 is 9.84 Å². The molecule has 18 heavy (non-hydrogen) atoms. The summed E-state index contributed by atoms with van der Waals surface area (Å²) >= 11 is 0. The van der Waals surface area contributed by atoms with Crippen molar-refractivity contribution in [3.8, 4) is 0 Å². The molecule has 1 aromatic heterocycles. The highest BCUT2D eigenvalue weighted by molar-refractivity contribution is 7.90. The van der Waals surface area contributed by atoms with Crippen LogP contribution in [0.15, 0.2) is 24.3 Å². The molecule has 0 saturated heterocycles. The maximum Gasteiger partial charge on any atom is 0.222 e. The third-order valence-electron chi connectivity index (χ3n) is 2.39. The lowest BCUT2D eigenvalue weighted by Gasteiger charge is -2.08. The molecular formula is C11H14N4O2S. The molecule has 2 aromatic rings. The lowest BCUT2D eigenvalue weighted by atomic mass is 10.2. The second-order valence-electron chi connectivity index (χ2n) is 4.00. The molecule has 0 amide bonds. The van der Waals surface area contributed by atoms with Crippen LogP contribution in [0.3, 0.4) is 0 Å². The summed E-state index contributed by atoms with van der Waals surface area (Å²) < 4.78 is 22.1. The summed E-state index contributed by atoms with van der Waals surface area (Å²) in [6, 6.07) is 7.41. The molecule has 1 heterocycles. The molecule has 0 atom stereocenters. The van der Waals surface area contributed by atoms with Gasteiger partial charge in [-0.3, -0.25) is 0 Å². The van der Waals surface area contributed by atoms with Crippen molar-refractivity contribution < 1.29 is 8.42 Å². The van der Waals surface area contributed by atoms with Crippen molar-refractivity contribution in [3.05, 3.63) is 24.3 Å². The molecule has 0 fully saturated rings. The first-order valence-corrected chi connectivity index (χ1v) is 7.45. The van der Waals surface area contributed by atoms with Gasteiger partial charge in [-0.1, -0.05) is 12.1 Å². The van der Waals surface area contributed by atoms with E-state index in [4.69, 9.17) is 5.73 Å². The summed E-state index contributed by atoms with van der Waals surface area (Å²) in [7, 11) is -2.99. The van der Waals surface area contributed by atoms with Gasteiger partial charge in [0.2, 0.25) is 5.95 Å². The molecule has 0 saturated carbocycles. The molecule has 0 aliphatic heterocycles. The number of nitrogens with two attached hydrogens (primary N) is 1. The number of fused-ring (bicyclic) bond motifs is 1. The van der Waals surface area contributed by atoms with Crippen molar-refractivity contribution >= 4 is 32.5 Å². The number of nitrogens with zero attached hydrogens (tertiary/aromatic N) is 2. The van der Waals surface area contributed by atoms with Gasteiger partial charge in [-0.25, -0.2) is 13.4 Å². The Bertz CT molecular complexity index is 670. The van der Waals surface area contributed by atoms with Gasteiger partial charge in [-0.05, 0) is 12.1 Å². The van der Waals surface area contributed by atoms with Gasteiger partial charge in [0.15, 0.2) is 0 Å². The van der Waals surface area contributed by atoms with E-state index in [2.05, 4.69) is 15.3 Å². The van der Waals surface area contributed by atoms with Gasteiger partial charge in [0.25, 0.3) is 0 Å². The Balaban J connectivity index is 2.27. The highest BCUT2D eigenvalue weighted by Crippen LogP contribution is 2.20. The lowest BCUT2D eigenvalue weighted by Crippen LogP contribution is -2.15. The van der Waals surface area contributed by atoms with Crippen molar-refractivity contribution in [1.82, 2.24) is 9.97 Å². The van der Waals surface area contributed by atoms with E-state index >= 15 is 0 Å². The second-order valence-corrected chi connectivity index (χ2v) is 6.26. The topological polar surface area (TPSA) is 98.0 Å². The minimum Gasteiger partial charge on any atom is -0.368 e. The smallest absolute Gasteiger partial charge is 0.222 e. The number of nitrogens with one attached hydrogen (secondary N) is 1. The van der Waals surface area contributed by atoms with E-state index in [9.17, 15) is 8.42 Å². The minimum absolute atomic E-state index is 0.0469. The number of para-hydroxylation sites is 1. The zero-order chi connectivity index (χ0) is 13.2. The summed E-state index contributed by atoms with van der Waals surface area (Å²) in [6.45, 7) is 0.291. The second kappa shape index (κ2) is 4.77. The van der Waals surface area contributed by atoms with Crippen molar-refractivity contribution in [1.29, 1.82) is 0 Å². The quantitative estimate of drug-likeness (QED) is 0.844. The summed E-state index contributed by atoms with van der Waals surface area (Å²) in [5.41, 5.74) is 6.33. The summed E-state index contributed by atoms with van der Waals surface area (Å²) in [5, 5.41) is 3.79. The Hall–Kier alpha value is -1.89. The number of rotatable bonds is 4. The third kappa shape index (κ3) is 3.07. The Morgan fingerprint density at radius 3 is 2.72 bits per heavy atom. The molecule has 0 aliphatic carbocycles. The van der Waals surface area contributed by atoms with Gasteiger partial charge >= 0.3 is 0 Å². The fourth-order valence-corrected chi connectivity index (χ4v) is 2.06. The van der Waals surface area contributed by atoms with E-state index in [1.54, 1.807) is 0 Å². The molecule has 7 heteroatoms. The predicted octanol–water partition coefficient (Wildman–Crippen LogP) is 0.668. The van der Waals surface area contributed by atoms with Crippen LogP contribution in [0.25, 0.3) is 10.9 Å². The number of anilines is 2. The average molecular weight is 266 g/mol. The van der Waals surface area contributed by atoms with Crippen LogP contribution < -0.4 is 11.1 Å². The molecule has 96 valence electrons. The van der Waals surface area contributed by atoms with E-state index in [1.807, 2.05) is 24.3 Å². The largest absolute Gasteiger partial charge is 0.368 e. The number of aromatic nitrogens is 2. The molecule has 0 aliphatic rings. The normalized spacial score (nSPS) is 11.6. The van der Waals surface area contributed by atoms with E-state index in [1.165, 1.54) is 6.26 Å². The molecule has 1 aromatic carbocycles. The zero-order valence-electron chi connectivity index (χ0n) is 9.92. The predicted molar refractivity (Wildman–Crippen MR) is 72.2 cm³/mol. The first-order valence-electron chi connectivity index (χ1n) is 5.39. The zero-order valence-corrected chi connectivity index (χ0v) is 10.7. The van der Waals surface area contributed by atoms with Crippen molar-refractivity contribution in [2.24, 2.45) is 0 Å². The first kappa shape index (κ1) is 12.6. The van der Waals surface area contributed by atoms with Crippen molar-refractivity contribution in [2.45, 2.75) is 0 Å². The number of benzene rings is 1. The SMILES string of the molecule is CS(=O)(=O)CCNc1nc(N)nc2ccccc12. The van der Waals surface area contributed by atoms with Crippen LogP contribution in [0.5, 0.6) is 0 Å². The van der Waals surface area contributed by atoms with Crippen LogP contribution in [0.1, 0.15) is 0 Å². The number of sulfone groups is 1. The van der Waals surface area contributed by atoms with Crippen LogP contribution in [-0.2, 0) is 9.84 Å². The van der Waals surface area contributed by atoms with Crippen molar-refractivity contribution in [3.63, 3.8) is 0 Å². The van der Waals surface area contributed by atoms with Gasteiger partial charge in [0, 0.05) is 18.2 Å². The fraction of sp³-hybridized carbons (Fsp3) is 0.273. The van der Waals surface area contributed by atoms with Crippen LogP contribution in [0.2, 0.25) is 0 Å². The van der Waals surface area contributed by atoms with Crippen LogP contribution in [0.4, 0.5) is 11.8 Å². The molecule has 2 rings (SSSR count). The molecule has 3 N–H and O–H groups in total. The Kier molecular flexibility index (Phi) is 3.33. The lowest BCUT2D eigenvalue weighted by molar-refractivity contribution is 0.602. The Morgan fingerprint density at radius 2 is 2.00 bits per heavy atom. The Labute approximate surface area is 105 Å². The highest BCUT2D eigenvalue weighted by atomic mass is 32.2. The monoisotopic (exact) mass is 266 g/mol. The van der Waals surface area contributed by atoms with E-state index in [0.717, 1.165) is 10.9 Å². The molecule has 0 unspecified atom stereocenters. The summed E-state index contributed by atoms with van der Waals surface area (Å²) in [4.78, 5) is 8.18.